The minimum absolute atomic E-state index is 0.128. The largest absolute Gasteiger partial charge is 0.530 e. The molecule has 4 heteroatoms. The van der Waals surface area contributed by atoms with E-state index in [9.17, 15) is 0 Å². The lowest BCUT2D eigenvalue weighted by Gasteiger charge is -2.34. The number of benzene rings is 6. The number of hydrogen-bond donors (Lipinski definition) is 0. The Bertz CT molecular complexity index is 3040. The average molecular weight is 1210 g/mol. The Morgan fingerprint density at radius 3 is 0.466 bits per heavy atom. The molecule has 0 aliphatic rings. The molecular formula is C84H123O3P. The van der Waals surface area contributed by atoms with Gasteiger partial charge in [-0.05, 0) is 150 Å². The molecule has 0 saturated heterocycles. The van der Waals surface area contributed by atoms with Gasteiger partial charge in [0, 0.05) is 33.4 Å². The quantitative estimate of drug-likeness (QED) is 0.135. The molecule has 3 nitrogen and oxygen atoms in total. The topological polar surface area (TPSA) is 27.7 Å². The fraction of sp³-hybridized carbons (Fsp3) is 0.571. The van der Waals surface area contributed by atoms with Crippen molar-refractivity contribution < 1.29 is 13.6 Å². The first-order chi connectivity index (χ1) is 39.2. The summed E-state index contributed by atoms with van der Waals surface area (Å²) in [5.74, 6) is 2.34. The standard InChI is InChI=1S/C84H123O3P/c1-73(2,3)55-37-52(38-56(43-55)74(4,5)6)64-46-61(79(19,20)21)49-67(82(28,29)30)70(64)85-88(86-71-65(47-62(80(22,23)24)50-68(71)83(31,32)33)53-39-57(75(7,8)9)44-58(40-53)76(10,11)12)87-72-66(48-63(81(25,26)27)51-69(72)84(34,35)36)54-41-59(77(13,14)15)45-60(42-54)78(16,17)18/h37-51H,1-36H3. The van der Waals surface area contributed by atoms with Crippen molar-refractivity contribution in [3.63, 3.8) is 0 Å². The molecule has 0 aliphatic carbocycles. The van der Waals surface area contributed by atoms with Crippen LogP contribution < -0.4 is 13.6 Å². The van der Waals surface area contributed by atoms with Crippen LogP contribution in [0.2, 0.25) is 0 Å². The monoisotopic (exact) mass is 1210 g/mol. The van der Waals surface area contributed by atoms with Crippen LogP contribution in [0.1, 0.15) is 316 Å². The van der Waals surface area contributed by atoms with Crippen molar-refractivity contribution in [1.29, 1.82) is 0 Å². The van der Waals surface area contributed by atoms with E-state index in [2.05, 4.69) is 340 Å². The third-order valence-corrected chi connectivity index (χ3v) is 18.7. The SMILES string of the molecule is CC(C)(C)c1cc(-c2cc(C(C)(C)C)cc(C(C)(C)C)c2OP(Oc2c(-c3cc(C(C)(C)C)cc(C(C)(C)C)c3)cc(C(C)(C)C)cc2C(C)(C)C)Oc2c(-c3cc(C(C)(C)C)cc(C(C)(C)C)c3)cc(C(C)(C)C)cc2C(C)(C)C)cc(C(C)(C)C)c1. The van der Waals surface area contributed by atoms with Crippen molar-refractivity contribution in [2.45, 2.75) is 314 Å². The van der Waals surface area contributed by atoms with Gasteiger partial charge in [0.25, 0.3) is 0 Å². The average Bonchev–Trinajstić information content (AvgIpc) is 0.941. The summed E-state index contributed by atoms with van der Waals surface area (Å²) in [6.45, 7) is 83.9. The maximum absolute atomic E-state index is 8.23. The fourth-order valence-corrected chi connectivity index (χ4v) is 12.2. The fourth-order valence-electron chi connectivity index (χ4n) is 11.0. The molecule has 0 heterocycles. The summed E-state index contributed by atoms with van der Waals surface area (Å²) in [7, 11) is -2.39. The summed E-state index contributed by atoms with van der Waals surface area (Å²) in [6.07, 6.45) is 0. The summed E-state index contributed by atoms with van der Waals surface area (Å²) < 4.78 is 24.7. The van der Waals surface area contributed by atoms with E-state index in [4.69, 9.17) is 13.6 Å². The molecule has 6 aromatic carbocycles. The van der Waals surface area contributed by atoms with Gasteiger partial charge in [0.1, 0.15) is 17.2 Å². The highest BCUT2D eigenvalue weighted by atomic mass is 31.2. The predicted molar refractivity (Wildman–Crippen MR) is 389 cm³/mol. The third-order valence-electron chi connectivity index (χ3n) is 17.7. The first-order valence-corrected chi connectivity index (χ1v) is 34.2. The third kappa shape index (κ3) is 17.0. The summed E-state index contributed by atoms with van der Waals surface area (Å²) in [5, 5.41) is 0. The molecule has 0 N–H and O–H groups in total. The summed E-state index contributed by atoms with van der Waals surface area (Å²) in [4.78, 5) is 0. The van der Waals surface area contributed by atoms with Gasteiger partial charge >= 0.3 is 8.60 Å². The second-order valence-corrected chi connectivity index (χ2v) is 39.6. The van der Waals surface area contributed by atoms with Crippen molar-refractivity contribution in [2.24, 2.45) is 0 Å². The van der Waals surface area contributed by atoms with E-state index in [0.29, 0.717) is 0 Å². The van der Waals surface area contributed by atoms with Crippen molar-refractivity contribution in [3.8, 4) is 50.6 Å². The van der Waals surface area contributed by atoms with Crippen molar-refractivity contribution in [3.05, 3.63) is 158 Å². The predicted octanol–water partition coefficient (Wildman–Crippen LogP) is 26.0. The van der Waals surface area contributed by atoms with Crippen LogP contribution in [0.25, 0.3) is 33.4 Å². The molecule has 0 aliphatic heterocycles. The van der Waals surface area contributed by atoms with E-state index in [0.717, 1.165) is 67.3 Å². The Morgan fingerprint density at radius 2 is 0.330 bits per heavy atom. The lowest BCUT2D eigenvalue weighted by Crippen LogP contribution is -2.21. The molecule has 6 rings (SSSR count). The zero-order valence-electron chi connectivity index (χ0n) is 62.8. The smallest absolute Gasteiger partial charge is 0.408 e. The van der Waals surface area contributed by atoms with Crippen LogP contribution in [-0.2, 0) is 65.0 Å². The molecule has 6 aromatic rings. The van der Waals surface area contributed by atoms with Gasteiger partial charge in [-0.2, -0.15) is 0 Å². The van der Waals surface area contributed by atoms with E-state index in [1.807, 2.05) is 0 Å². The maximum atomic E-state index is 8.23. The second kappa shape index (κ2) is 23.7. The molecule has 0 spiro atoms. The van der Waals surface area contributed by atoms with E-state index in [1.165, 1.54) is 50.1 Å². The zero-order chi connectivity index (χ0) is 67.4. The molecule has 0 saturated carbocycles. The van der Waals surface area contributed by atoms with Gasteiger partial charge in [0.2, 0.25) is 0 Å². The molecule has 482 valence electrons. The molecule has 0 amide bonds. The van der Waals surface area contributed by atoms with Crippen molar-refractivity contribution >= 4 is 8.60 Å². The van der Waals surface area contributed by atoms with E-state index >= 15 is 0 Å². The summed E-state index contributed by atoms with van der Waals surface area (Å²) in [5.41, 5.74) is 18.8. The van der Waals surface area contributed by atoms with Gasteiger partial charge < -0.3 is 13.6 Å². The van der Waals surface area contributed by atoms with Crippen LogP contribution >= 0.6 is 8.60 Å². The molecule has 0 bridgehead atoms. The molecule has 88 heavy (non-hydrogen) atoms. The van der Waals surface area contributed by atoms with Gasteiger partial charge in [-0.3, -0.25) is 0 Å². The minimum Gasteiger partial charge on any atom is -0.408 e. The van der Waals surface area contributed by atoms with E-state index in [1.54, 1.807) is 0 Å². The Hall–Kier alpha value is -4.85. The zero-order valence-corrected chi connectivity index (χ0v) is 63.7. The van der Waals surface area contributed by atoms with E-state index < -0.39 is 8.60 Å². The lowest BCUT2D eigenvalue weighted by atomic mass is 9.76. The maximum Gasteiger partial charge on any atom is 0.530 e. The van der Waals surface area contributed by atoms with Gasteiger partial charge in [-0.15, -0.1) is 0 Å². The normalized spacial score (nSPS) is 14.0. The summed E-state index contributed by atoms with van der Waals surface area (Å²) in [6, 6.07) is 36.3. The van der Waals surface area contributed by atoms with Gasteiger partial charge in [-0.25, -0.2) is 0 Å². The van der Waals surface area contributed by atoms with Gasteiger partial charge in [-0.1, -0.05) is 322 Å². The Labute approximate surface area is 541 Å². The molecular weight excluding hydrogens is 1090 g/mol. The Kier molecular flexibility index (Phi) is 19.4. The van der Waals surface area contributed by atoms with Gasteiger partial charge in [0.15, 0.2) is 0 Å². The first-order valence-electron chi connectivity index (χ1n) is 33.1. The van der Waals surface area contributed by atoms with Crippen LogP contribution in [0, 0.1) is 0 Å². The van der Waals surface area contributed by atoms with Crippen molar-refractivity contribution in [2.75, 3.05) is 0 Å². The highest BCUT2D eigenvalue weighted by Gasteiger charge is 2.39. The first kappa shape index (κ1) is 72.2. The highest BCUT2D eigenvalue weighted by molar-refractivity contribution is 7.43. The van der Waals surface area contributed by atoms with E-state index in [-0.39, 0.29) is 65.0 Å². The summed E-state index contributed by atoms with van der Waals surface area (Å²) >= 11 is 0. The molecule has 0 unspecified atom stereocenters. The Balaban J connectivity index is 1.95. The van der Waals surface area contributed by atoms with Crippen LogP contribution in [0.4, 0.5) is 0 Å². The van der Waals surface area contributed by atoms with Crippen LogP contribution in [0.5, 0.6) is 17.2 Å². The Morgan fingerprint density at radius 1 is 0.182 bits per heavy atom. The molecule has 0 fully saturated rings. The second-order valence-electron chi connectivity index (χ2n) is 38.6. The van der Waals surface area contributed by atoms with Crippen LogP contribution in [0.15, 0.2) is 91.0 Å². The van der Waals surface area contributed by atoms with Gasteiger partial charge in [0.05, 0.1) is 0 Å². The number of hydrogen-bond acceptors (Lipinski definition) is 3. The van der Waals surface area contributed by atoms with Crippen LogP contribution in [0.3, 0.4) is 0 Å². The number of rotatable bonds is 9. The van der Waals surface area contributed by atoms with Crippen LogP contribution in [-0.4, -0.2) is 0 Å². The highest BCUT2D eigenvalue weighted by Crippen LogP contribution is 2.57. The van der Waals surface area contributed by atoms with Crippen molar-refractivity contribution in [1.82, 2.24) is 0 Å². The molecule has 0 atom stereocenters. The minimum atomic E-state index is -2.39. The molecule has 0 aromatic heterocycles. The lowest BCUT2D eigenvalue weighted by molar-refractivity contribution is 0.373. The molecule has 0 radical (unpaired) electrons.